The average molecular weight is 503 g/mol. The Morgan fingerprint density at radius 2 is 1.54 bits per heavy atom. The number of likely N-dealkylation sites (tertiary alicyclic amines) is 1. The van der Waals surface area contributed by atoms with E-state index in [9.17, 15) is 4.79 Å². The highest BCUT2D eigenvalue weighted by molar-refractivity contribution is 5.79. The normalized spacial score (nSPS) is 22.0. The maximum absolute atomic E-state index is 13.8. The third-order valence-electron chi connectivity index (χ3n) is 8.93. The van der Waals surface area contributed by atoms with E-state index in [2.05, 4.69) is 72.2 Å². The van der Waals surface area contributed by atoms with E-state index >= 15 is 0 Å². The van der Waals surface area contributed by atoms with E-state index in [1.54, 1.807) is 0 Å². The van der Waals surface area contributed by atoms with Crippen LogP contribution in [0, 0.1) is 5.92 Å². The lowest BCUT2D eigenvalue weighted by Gasteiger charge is -2.41. The Labute approximate surface area is 224 Å². The molecule has 37 heavy (non-hydrogen) atoms. The van der Waals surface area contributed by atoms with Gasteiger partial charge in [0.25, 0.3) is 0 Å². The van der Waals surface area contributed by atoms with Crippen LogP contribution in [0.25, 0.3) is 0 Å². The molecule has 1 unspecified atom stereocenters. The van der Waals surface area contributed by atoms with E-state index in [-0.39, 0.29) is 18.1 Å². The summed E-state index contributed by atoms with van der Waals surface area (Å²) in [4.78, 5) is 18.7. The highest BCUT2D eigenvalue weighted by atomic mass is 16.5. The molecule has 4 heteroatoms. The van der Waals surface area contributed by atoms with Gasteiger partial charge in [-0.05, 0) is 94.1 Å². The fourth-order valence-electron chi connectivity index (χ4n) is 6.94. The van der Waals surface area contributed by atoms with Gasteiger partial charge in [0.05, 0.1) is 12.1 Å². The number of hydrogen-bond acceptors (Lipinski definition) is 3. The van der Waals surface area contributed by atoms with Crippen molar-refractivity contribution in [3.05, 3.63) is 65.2 Å². The summed E-state index contributed by atoms with van der Waals surface area (Å²) in [6, 6.07) is 17.7. The van der Waals surface area contributed by atoms with E-state index in [1.165, 1.54) is 55.2 Å². The molecule has 1 saturated heterocycles. The third-order valence-corrected chi connectivity index (χ3v) is 8.93. The first-order valence-corrected chi connectivity index (χ1v) is 15.0. The summed E-state index contributed by atoms with van der Waals surface area (Å²) < 4.78 is 6.13. The number of nitrogens with zero attached hydrogens (tertiary/aromatic N) is 2. The molecule has 2 aromatic carbocycles. The summed E-state index contributed by atoms with van der Waals surface area (Å²) in [5.41, 5.74) is 4.21. The fraction of sp³-hybridized carbons (Fsp3) is 0.606. The van der Waals surface area contributed by atoms with Gasteiger partial charge < -0.3 is 14.5 Å². The van der Waals surface area contributed by atoms with Crippen molar-refractivity contribution in [3.63, 3.8) is 0 Å². The van der Waals surface area contributed by atoms with Crippen LogP contribution in [0.4, 0.5) is 0 Å². The van der Waals surface area contributed by atoms with Gasteiger partial charge in [-0.1, -0.05) is 68.1 Å². The molecule has 5 rings (SSSR count). The lowest BCUT2D eigenvalue weighted by molar-refractivity contribution is -0.139. The molecule has 1 saturated carbocycles. The Kier molecular flexibility index (Phi) is 8.86. The van der Waals surface area contributed by atoms with Crippen LogP contribution in [-0.2, 0) is 11.2 Å². The molecular weight excluding hydrogens is 456 g/mol. The van der Waals surface area contributed by atoms with E-state index < -0.39 is 0 Å². The highest BCUT2D eigenvalue weighted by Crippen LogP contribution is 2.37. The van der Waals surface area contributed by atoms with Crippen molar-refractivity contribution in [3.8, 4) is 5.75 Å². The molecule has 0 radical (unpaired) electrons. The van der Waals surface area contributed by atoms with Gasteiger partial charge in [-0.2, -0.15) is 0 Å². The quantitative estimate of drug-likeness (QED) is 0.377. The minimum Gasteiger partial charge on any atom is -0.491 e. The largest absolute Gasteiger partial charge is 0.491 e. The third kappa shape index (κ3) is 6.39. The molecule has 3 aliphatic rings. The first-order chi connectivity index (χ1) is 18.1. The van der Waals surface area contributed by atoms with Gasteiger partial charge in [0, 0.05) is 19.0 Å². The number of fused-ring (bicyclic) bond motifs is 1. The van der Waals surface area contributed by atoms with Crippen LogP contribution in [0.2, 0.25) is 0 Å². The molecule has 0 bridgehead atoms. The SMILES string of the molecule is CC(C)Oc1ccccc1C1CCN(CCC2c3ccccc3CCN2C(=O)C2CCCCCC2)CC1. The molecular formula is C33H46N2O2. The van der Waals surface area contributed by atoms with Crippen LogP contribution < -0.4 is 4.74 Å². The molecule has 0 spiro atoms. The summed E-state index contributed by atoms with van der Waals surface area (Å²) in [6.07, 6.45) is 11.7. The molecule has 2 fully saturated rings. The van der Waals surface area contributed by atoms with Crippen molar-refractivity contribution in [1.82, 2.24) is 9.80 Å². The number of piperidine rings is 1. The number of carbonyl (C=O) groups is 1. The Balaban J connectivity index is 1.23. The van der Waals surface area contributed by atoms with Crippen LogP contribution in [0.5, 0.6) is 5.75 Å². The van der Waals surface area contributed by atoms with Crippen molar-refractivity contribution < 1.29 is 9.53 Å². The minimum absolute atomic E-state index is 0.197. The van der Waals surface area contributed by atoms with Gasteiger partial charge in [-0.15, -0.1) is 0 Å². The van der Waals surface area contributed by atoms with Gasteiger partial charge in [-0.25, -0.2) is 0 Å². The molecule has 0 N–H and O–H groups in total. The van der Waals surface area contributed by atoms with Crippen molar-refractivity contribution in [2.45, 2.75) is 96.1 Å². The maximum Gasteiger partial charge on any atom is 0.226 e. The van der Waals surface area contributed by atoms with Crippen LogP contribution in [0.3, 0.4) is 0 Å². The Morgan fingerprint density at radius 1 is 0.865 bits per heavy atom. The zero-order valence-electron chi connectivity index (χ0n) is 23.0. The van der Waals surface area contributed by atoms with E-state index in [0.717, 1.165) is 57.6 Å². The van der Waals surface area contributed by atoms with Crippen LogP contribution in [0.1, 0.15) is 100 Å². The first-order valence-electron chi connectivity index (χ1n) is 15.0. The number of amides is 1. The van der Waals surface area contributed by atoms with Crippen molar-refractivity contribution in [1.29, 1.82) is 0 Å². The summed E-state index contributed by atoms with van der Waals surface area (Å²) in [5.74, 6) is 2.29. The van der Waals surface area contributed by atoms with E-state index in [4.69, 9.17) is 4.74 Å². The molecule has 0 aromatic heterocycles. The standard InChI is InChI=1S/C33H46N2O2/c1-25(2)37-32-16-10-9-15-30(32)27-17-21-34(22-18-27)23-20-31-29-14-8-7-11-26(29)19-24-35(31)33(36)28-12-5-3-4-6-13-28/h7-11,14-16,25,27-28,31H,3-6,12-13,17-24H2,1-2H3. The second-order valence-corrected chi connectivity index (χ2v) is 11.8. The summed E-state index contributed by atoms with van der Waals surface area (Å²) in [5, 5.41) is 0. The van der Waals surface area contributed by atoms with Gasteiger partial charge >= 0.3 is 0 Å². The van der Waals surface area contributed by atoms with Crippen molar-refractivity contribution in [2.75, 3.05) is 26.2 Å². The predicted molar refractivity (Wildman–Crippen MR) is 151 cm³/mol. The van der Waals surface area contributed by atoms with Crippen molar-refractivity contribution >= 4 is 5.91 Å². The summed E-state index contributed by atoms with van der Waals surface area (Å²) >= 11 is 0. The zero-order chi connectivity index (χ0) is 25.6. The molecule has 2 aromatic rings. The molecule has 2 aliphatic heterocycles. The highest BCUT2D eigenvalue weighted by Gasteiger charge is 2.34. The van der Waals surface area contributed by atoms with Crippen LogP contribution in [0.15, 0.2) is 48.5 Å². The van der Waals surface area contributed by atoms with Gasteiger partial charge in [0.1, 0.15) is 5.75 Å². The Bertz CT molecular complexity index is 1020. The number of benzene rings is 2. The van der Waals surface area contributed by atoms with Gasteiger partial charge in [-0.3, -0.25) is 4.79 Å². The predicted octanol–water partition coefficient (Wildman–Crippen LogP) is 7.14. The second-order valence-electron chi connectivity index (χ2n) is 11.8. The van der Waals surface area contributed by atoms with Crippen LogP contribution >= 0.6 is 0 Å². The number of hydrogen-bond donors (Lipinski definition) is 0. The molecule has 200 valence electrons. The lowest BCUT2D eigenvalue weighted by atomic mass is 9.87. The average Bonchev–Trinajstić information content (AvgIpc) is 3.21. The zero-order valence-corrected chi connectivity index (χ0v) is 23.0. The fourth-order valence-corrected chi connectivity index (χ4v) is 6.94. The molecule has 1 aliphatic carbocycles. The number of rotatable bonds is 7. The Hall–Kier alpha value is -2.33. The Morgan fingerprint density at radius 3 is 2.27 bits per heavy atom. The molecule has 1 atom stereocenters. The lowest BCUT2D eigenvalue weighted by Crippen LogP contribution is -2.44. The summed E-state index contributed by atoms with van der Waals surface area (Å²) in [6.45, 7) is 8.38. The number of para-hydroxylation sites is 1. The number of carbonyl (C=O) groups excluding carboxylic acids is 1. The molecule has 4 nitrogen and oxygen atoms in total. The van der Waals surface area contributed by atoms with E-state index in [0.29, 0.717) is 11.8 Å². The maximum atomic E-state index is 13.8. The number of ether oxygens (including phenoxy) is 1. The van der Waals surface area contributed by atoms with Crippen LogP contribution in [-0.4, -0.2) is 48.0 Å². The topological polar surface area (TPSA) is 32.8 Å². The van der Waals surface area contributed by atoms with Crippen molar-refractivity contribution in [2.24, 2.45) is 5.92 Å². The van der Waals surface area contributed by atoms with Gasteiger partial charge in [0.2, 0.25) is 5.91 Å². The van der Waals surface area contributed by atoms with Gasteiger partial charge in [0.15, 0.2) is 0 Å². The first kappa shape index (κ1) is 26.3. The minimum atomic E-state index is 0.197. The smallest absolute Gasteiger partial charge is 0.226 e. The molecule has 2 heterocycles. The molecule has 1 amide bonds. The summed E-state index contributed by atoms with van der Waals surface area (Å²) in [7, 11) is 0. The van der Waals surface area contributed by atoms with E-state index in [1.807, 2.05) is 0 Å². The monoisotopic (exact) mass is 502 g/mol. The second kappa shape index (κ2) is 12.5.